The van der Waals surface area contributed by atoms with Gasteiger partial charge in [-0.3, -0.25) is 9.79 Å². The molecule has 0 saturated carbocycles. The number of hydrogen-bond acceptors (Lipinski definition) is 4. The molecule has 2 atom stereocenters. The van der Waals surface area contributed by atoms with Gasteiger partial charge < -0.3 is 15.7 Å². The summed E-state index contributed by atoms with van der Waals surface area (Å²) in [4.78, 5) is 17.3. The Hall–Kier alpha value is -2.65. The number of nitrogens with one attached hydrogen (secondary N) is 1. The normalized spacial score (nSPS) is 14.3. The molecular weight excluding hydrogens is 338 g/mol. The van der Waals surface area contributed by atoms with Crippen molar-refractivity contribution in [1.29, 1.82) is 10.7 Å². The molecule has 0 aliphatic rings. The van der Waals surface area contributed by atoms with E-state index in [4.69, 9.17) is 28.0 Å². The number of pyridine rings is 1. The zero-order chi connectivity index (χ0) is 18.7. The van der Waals surface area contributed by atoms with E-state index >= 15 is 0 Å². The van der Waals surface area contributed by atoms with Gasteiger partial charge in [-0.1, -0.05) is 23.7 Å². The second-order valence-electron chi connectivity index (χ2n) is 6.05. The number of halogens is 1. The first-order chi connectivity index (χ1) is 11.8. The number of amidine groups is 1. The molecule has 0 aliphatic carbocycles. The minimum atomic E-state index is -0.878. The minimum absolute atomic E-state index is 0.0546. The van der Waals surface area contributed by atoms with Gasteiger partial charge in [-0.05, 0) is 38.3 Å². The quantitative estimate of drug-likeness (QED) is 0.631. The number of hydrogen-bond donors (Lipinski definition) is 2. The molecule has 0 amide bonds. The van der Waals surface area contributed by atoms with Crippen LogP contribution in [0.25, 0.3) is 10.8 Å². The van der Waals surface area contributed by atoms with E-state index in [1.165, 1.54) is 0 Å². The SMILES string of the molecule is CC(N=C(N)C(C#N)C=N)c1cc2cccc(Cl)c2c(=O)n1C(C)C. The Kier molecular flexibility index (Phi) is 5.60. The summed E-state index contributed by atoms with van der Waals surface area (Å²) < 4.78 is 1.64. The van der Waals surface area contributed by atoms with Crippen LogP contribution >= 0.6 is 11.6 Å². The third-order valence-corrected chi connectivity index (χ3v) is 4.29. The molecule has 130 valence electrons. The van der Waals surface area contributed by atoms with Crippen molar-refractivity contribution >= 4 is 34.4 Å². The smallest absolute Gasteiger partial charge is 0.260 e. The standard InChI is InChI=1S/C18H20ClN5O/c1-10(2)24-15(11(3)23-17(22)13(8-20)9-21)7-12-5-4-6-14(19)16(12)18(24)25/h4-8,10-11,13,20H,1-3H3,(H2,22,23). The number of nitriles is 1. The fourth-order valence-electron chi connectivity index (χ4n) is 2.77. The van der Waals surface area contributed by atoms with Crippen LogP contribution in [0.4, 0.5) is 0 Å². The van der Waals surface area contributed by atoms with Crippen LogP contribution in [0.3, 0.4) is 0 Å². The number of nitrogens with two attached hydrogens (primary N) is 1. The molecule has 0 bridgehead atoms. The van der Waals surface area contributed by atoms with Crippen molar-refractivity contribution < 1.29 is 0 Å². The second-order valence-corrected chi connectivity index (χ2v) is 6.45. The molecule has 0 aliphatic heterocycles. The first kappa shape index (κ1) is 18.7. The summed E-state index contributed by atoms with van der Waals surface area (Å²) in [6, 6.07) is 8.54. The lowest BCUT2D eigenvalue weighted by atomic mass is 10.1. The summed E-state index contributed by atoms with van der Waals surface area (Å²) in [7, 11) is 0. The number of nitrogens with zero attached hydrogens (tertiary/aromatic N) is 3. The lowest BCUT2D eigenvalue weighted by Crippen LogP contribution is -2.28. The van der Waals surface area contributed by atoms with Gasteiger partial charge in [-0.2, -0.15) is 5.26 Å². The van der Waals surface area contributed by atoms with Gasteiger partial charge in [-0.25, -0.2) is 0 Å². The van der Waals surface area contributed by atoms with Gasteiger partial charge >= 0.3 is 0 Å². The van der Waals surface area contributed by atoms with Gasteiger partial charge in [0.05, 0.1) is 22.5 Å². The third-order valence-electron chi connectivity index (χ3n) is 3.97. The van der Waals surface area contributed by atoms with Gasteiger partial charge in [-0.15, -0.1) is 0 Å². The van der Waals surface area contributed by atoms with Crippen molar-refractivity contribution in [3.8, 4) is 6.07 Å². The molecule has 0 saturated heterocycles. The molecule has 0 fully saturated rings. The summed E-state index contributed by atoms with van der Waals surface area (Å²) in [5.74, 6) is -0.824. The van der Waals surface area contributed by atoms with Crippen LogP contribution < -0.4 is 11.3 Å². The lowest BCUT2D eigenvalue weighted by molar-refractivity contribution is 0.534. The largest absolute Gasteiger partial charge is 0.386 e. The maximum Gasteiger partial charge on any atom is 0.260 e. The molecule has 0 radical (unpaired) electrons. The number of benzene rings is 1. The first-order valence-corrected chi connectivity index (χ1v) is 8.26. The Labute approximate surface area is 151 Å². The predicted molar refractivity (Wildman–Crippen MR) is 102 cm³/mol. The third kappa shape index (κ3) is 3.57. The number of rotatable bonds is 5. The number of fused-ring (bicyclic) bond motifs is 1. The molecule has 0 spiro atoms. The minimum Gasteiger partial charge on any atom is -0.386 e. The molecule has 6 nitrogen and oxygen atoms in total. The zero-order valence-electron chi connectivity index (χ0n) is 14.3. The van der Waals surface area contributed by atoms with Gasteiger partial charge in [0.15, 0.2) is 0 Å². The van der Waals surface area contributed by atoms with E-state index in [9.17, 15) is 4.79 Å². The molecule has 2 unspecified atom stereocenters. The monoisotopic (exact) mass is 357 g/mol. The van der Waals surface area contributed by atoms with Crippen LogP contribution in [-0.2, 0) is 0 Å². The second kappa shape index (κ2) is 7.49. The Bertz CT molecular complexity index is 939. The van der Waals surface area contributed by atoms with E-state index in [0.717, 1.165) is 11.6 Å². The van der Waals surface area contributed by atoms with Crippen molar-refractivity contribution in [1.82, 2.24) is 4.57 Å². The van der Waals surface area contributed by atoms with Crippen molar-refractivity contribution in [2.45, 2.75) is 32.9 Å². The Morgan fingerprint density at radius 1 is 1.44 bits per heavy atom. The van der Waals surface area contributed by atoms with Gasteiger partial charge in [0.1, 0.15) is 11.8 Å². The summed E-state index contributed by atoms with van der Waals surface area (Å²) >= 11 is 6.21. The number of aliphatic imine (C=N–C) groups is 1. The van der Waals surface area contributed by atoms with Crippen molar-refractivity contribution in [3.63, 3.8) is 0 Å². The molecule has 3 N–H and O–H groups in total. The fraction of sp³-hybridized carbons (Fsp3) is 0.333. The van der Waals surface area contributed by atoms with E-state index in [-0.39, 0.29) is 17.4 Å². The maximum absolute atomic E-state index is 13.0. The first-order valence-electron chi connectivity index (χ1n) is 7.88. The molecule has 1 aromatic carbocycles. The highest BCUT2D eigenvalue weighted by molar-refractivity contribution is 6.35. The van der Waals surface area contributed by atoms with Crippen LogP contribution in [-0.4, -0.2) is 16.6 Å². The molecule has 1 aromatic heterocycles. The highest BCUT2D eigenvalue weighted by Crippen LogP contribution is 2.26. The molecular formula is C18H20ClN5O. The average Bonchev–Trinajstić information content (AvgIpc) is 2.55. The lowest BCUT2D eigenvalue weighted by Gasteiger charge is -2.21. The maximum atomic E-state index is 13.0. The van der Waals surface area contributed by atoms with E-state index < -0.39 is 12.0 Å². The zero-order valence-corrected chi connectivity index (χ0v) is 15.1. The Morgan fingerprint density at radius 3 is 2.68 bits per heavy atom. The van der Waals surface area contributed by atoms with Crippen molar-refractivity contribution in [2.24, 2.45) is 16.6 Å². The Balaban J connectivity index is 2.71. The van der Waals surface area contributed by atoms with E-state index in [2.05, 4.69) is 4.99 Å². The van der Waals surface area contributed by atoms with Crippen LogP contribution in [0, 0.1) is 22.7 Å². The number of aromatic nitrogens is 1. The average molecular weight is 358 g/mol. The van der Waals surface area contributed by atoms with E-state index in [1.54, 1.807) is 23.6 Å². The van der Waals surface area contributed by atoms with Gasteiger partial charge in [0.2, 0.25) is 0 Å². The van der Waals surface area contributed by atoms with Crippen LogP contribution in [0.1, 0.15) is 38.5 Å². The molecule has 2 aromatic rings. The summed E-state index contributed by atoms with van der Waals surface area (Å²) in [5, 5.41) is 17.9. The topological polar surface area (TPSA) is 108 Å². The fourth-order valence-corrected chi connectivity index (χ4v) is 3.03. The van der Waals surface area contributed by atoms with Crippen LogP contribution in [0.15, 0.2) is 34.1 Å². The molecule has 7 heteroatoms. The summed E-state index contributed by atoms with van der Waals surface area (Å²) in [5.41, 5.74) is 6.34. The molecule has 2 rings (SSSR count). The predicted octanol–water partition coefficient (Wildman–Crippen LogP) is 3.44. The van der Waals surface area contributed by atoms with Crippen LogP contribution in [0.5, 0.6) is 0 Å². The van der Waals surface area contributed by atoms with Gasteiger partial charge in [0, 0.05) is 18.0 Å². The van der Waals surface area contributed by atoms with E-state index in [1.807, 2.05) is 32.0 Å². The van der Waals surface area contributed by atoms with Crippen molar-refractivity contribution in [2.75, 3.05) is 0 Å². The highest BCUT2D eigenvalue weighted by Gasteiger charge is 2.19. The molecule has 1 heterocycles. The Morgan fingerprint density at radius 2 is 2.12 bits per heavy atom. The van der Waals surface area contributed by atoms with Gasteiger partial charge in [0.25, 0.3) is 5.56 Å². The van der Waals surface area contributed by atoms with Crippen LogP contribution in [0.2, 0.25) is 5.02 Å². The summed E-state index contributed by atoms with van der Waals surface area (Å²) in [6.07, 6.45) is 0.946. The highest BCUT2D eigenvalue weighted by atomic mass is 35.5. The summed E-state index contributed by atoms with van der Waals surface area (Å²) in [6.45, 7) is 5.61. The van der Waals surface area contributed by atoms with E-state index in [0.29, 0.717) is 16.1 Å². The van der Waals surface area contributed by atoms with Crippen molar-refractivity contribution in [3.05, 3.63) is 45.3 Å². The molecule has 25 heavy (non-hydrogen) atoms.